The van der Waals surface area contributed by atoms with Gasteiger partial charge in [0.1, 0.15) is 5.54 Å². The zero-order chi connectivity index (χ0) is 13.6. The van der Waals surface area contributed by atoms with Crippen LogP contribution in [0.5, 0.6) is 0 Å². The molecule has 0 radical (unpaired) electrons. The van der Waals surface area contributed by atoms with E-state index in [1.54, 1.807) is 4.90 Å². The summed E-state index contributed by atoms with van der Waals surface area (Å²) in [5, 5.41) is 0. The first-order valence-corrected chi connectivity index (χ1v) is 6.32. The van der Waals surface area contributed by atoms with Gasteiger partial charge < -0.3 is 20.1 Å². The van der Waals surface area contributed by atoms with Crippen LogP contribution in [0.4, 0.5) is 4.79 Å². The molecule has 2 N–H and O–H groups in total. The van der Waals surface area contributed by atoms with Crippen LogP contribution in [0, 0.1) is 0 Å². The van der Waals surface area contributed by atoms with E-state index in [2.05, 4.69) is 4.74 Å². The summed E-state index contributed by atoms with van der Waals surface area (Å²) in [5.41, 5.74) is 4.98. The van der Waals surface area contributed by atoms with Gasteiger partial charge in [-0.3, -0.25) is 4.79 Å². The average molecular weight is 258 g/mol. The van der Waals surface area contributed by atoms with Gasteiger partial charge in [-0.1, -0.05) is 13.3 Å². The Kier molecular flexibility index (Phi) is 5.40. The van der Waals surface area contributed by atoms with Gasteiger partial charge in [-0.05, 0) is 19.3 Å². The first-order chi connectivity index (χ1) is 8.53. The van der Waals surface area contributed by atoms with Crippen LogP contribution in [-0.2, 0) is 14.3 Å². The molecular weight excluding hydrogens is 236 g/mol. The number of carbonyl (C=O) groups is 2. The van der Waals surface area contributed by atoms with E-state index in [0.29, 0.717) is 32.5 Å². The fourth-order valence-electron chi connectivity index (χ4n) is 1.89. The van der Waals surface area contributed by atoms with E-state index < -0.39 is 11.5 Å². The van der Waals surface area contributed by atoms with Gasteiger partial charge in [-0.15, -0.1) is 0 Å². The Bertz CT molecular complexity index is 298. The highest BCUT2D eigenvalue weighted by Crippen LogP contribution is 2.21. The lowest BCUT2D eigenvalue weighted by Crippen LogP contribution is -2.57. The molecule has 1 saturated heterocycles. The number of nitrogens with two attached hydrogens (primary N) is 1. The smallest absolute Gasteiger partial charge is 0.409 e. The zero-order valence-corrected chi connectivity index (χ0v) is 11.1. The second kappa shape index (κ2) is 6.58. The minimum Gasteiger partial charge on any atom is -0.468 e. The summed E-state index contributed by atoms with van der Waals surface area (Å²) in [6.07, 6.45) is 2.34. The third kappa shape index (κ3) is 3.60. The number of rotatable bonds is 4. The number of amides is 1. The van der Waals surface area contributed by atoms with Crippen molar-refractivity contribution in [3.05, 3.63) is 0 Å². The van der Waals surface area contributed by atoms with Gasteiger partial charge in [0.25, 0.3) is 0 Å². The molecule has 0 aromatic heterocycles. The number of likely N-dealkylation sites (tertiary alicyclic amines) is 1. The molecule has 0 aromatic rings. The number of esters is 1. The minimum absolute atomic E-state index is 0.324. The third-order valence-electron chi connectivity index (χ3n) is 3.23. The van der Waals surface area contributed by atoms with Crippen molar-refractivity contribution >= 4 is 12.1 Å². The van der Waals surface area contributed by atoms with Crippen LogP contribution < -0.4 is 5.73 Å². The predicted molar refractivity (Wildman–Crippen MR) is 66.0 cm³/mol. The van der Waals surface area contributed by atoms with E-state index >= 15 is 0 Å². The van der Waals surface area contributed by atoms with Crippen molar-refractivity contribution < 1.29 is 19.1 Å². The molecule has 1 aliphatic heterocycles. The number of carbonyl (C=O) groups excluding carboxylic acids is 2. The Balaban J connectivity index is 2.39. The molecule has 0 bridgehead atoms. The SMILES string of the molecule is CCCCOC(=O)N1CCC(N)(C(=O)OC)CC1. The van der Waals surface area contributed by atoms with E-state index in [-0.39, 0.29) is 6.09 Å². The topological polar surface area (TPSA) is 81.9 Å². The molecule has 1 heterocycles. The summed E-state index contributed by atoms with van der Waals surface area (Å²) in [6.45, 7) is 3.33. The molecular formula is C12H22N2O4. The molecule has 1 amide bonds. The Labute approximate surface area is 107 Å². The Morgan fingerprint density at radius 3 is 2.44 bits per heavy atom. The van der Waals surface area contributed by atoms with Gasteiger partial charge in [0.05, 0.1) is 13.7 Å². The molecule has 0 spiro atoms. The highest BCUT2D eigenvalue weighted by Gasteiger charge is 2.40. The molecule has 6 heteroatoms. The molecule has 0 atom stereocenters. The number of methoxy groups -OCH3 is 1. The Morgan fingerprint density at radius 1 is 1.33 bits per heavy atom. The van der Waals surface area contributed by atoms with Crippen molar-refractivity contribution in [1.82, 2.24) is 4.90 Å². The van der Waals surface area contributed by atoms with E-state index in [4.69, 9.17) is 10.5 Å². The maximum absolute atomic E-state index is 11.7. The summed E-state index contributed by atoms with van der Waals surface area (Å²) in [6, 6.07) is 0. The predicted octanol–water partition coefficient (Wildman–Crippen LogP) is 0.889. The summed E-state index contributed by atoms with van der Waals surface area (Å²) >= 11 is 0. The largest absolute Gasteiger partial charge is 0.468 e. The van der Waals surface area contributed by atoms with Crippen LogP contribution in [0.1, 0.15) is 32.6 Å². The number of hydrogen-bond acceptors (Lipinski definition) is 5. The number of piperidine rings is 1. The second-order valence-electron chi connectivity index (χ2n) is 4.60. The van der Waals surface area contributed by atoms with E-state index in [1.165, 1.54) is 7.11 Å². The van der Waals surface area contributed by atoms with Gasteiger partial charge in [0.2, 0.25) is 0 Å². The molecule has 0 unspecified atom stereocenters. The summed E-state index contributed by atoms with van der Waals surface area (Å²) in [4.78, 5) is 24.8. The van der Waals surface area contributed by atoms with Crippen LogP contribution in [-0.4, -0.2) is 49.3 Å². The van der Waals surface area contributed by atoms with Crippen molar-refractivity contribution in [2.75, 3.05) is 26.8 Å². The molecule has 0 saturated carbocycles. The third-order valence-corrected chi connectivity index (χ3v) is 3.23. The molecule has 1 rings (SSSR count). The van der Waals surface area contributed by atoms with Crippen molar-refractivity contribution in [3.8, 4) is 0 Å². The van der Waals surface area contributed by atoms with Crippen LogP contribution in [0.15, 0.2) is 0 Å². The maximum atomic E-state index is 11.7. The van der Waals surface area contributed by atoms with E-state index in [1.807, 2.05) is 6.92 Å². The highest BCUT2D eigenvalue weighted by atomic mass is 16.6. The van der Waals surface area contributed by atoms with Crippen LogP contribution in [0.2, 0.25) is 0 Å². The van der Waals surface area contributed by atoms with Gasteiger partial charge in [-0.25, -0.2) is 4.79 Å². The number of ether oxygens (including phenoxy) is 2. The van der Waals surface area contributed by atoms with Gasteiger partial charge in [0.15, 0.2) is 0 Å². The summed E-state index contributed by atoms with van der Waals surface area (Å²) in [7, 11) is 1.32. The zero-order valence-electron chi connectivity index (χ0n) is 11.1. The normalized spacial score (nSPS) is 18.3. The Morgan fingerprint density at radius 2 is 1.94 bits per heavy atom. The summed E-state index contributed by atoms with van der Waals surface area (Å²) < 4.78 is 9.78. The molecule has 6 nitrogen and oxygen atoms in total. The van der Waals surface area contributed by atoms with Crippen molar-refractivity contribution in [2.45, 2.75) is 38.1 Å². The molecule has 104 valence electrons. The Hall–Kier alpha value is -1.30. The summed E-state index contributed by atoms with van der Waals surface area (Å²) in [5.74, 6) is -0.415. The van der Waals surface area contributed by atoms with Crippen LogP contribution in [0.3, 0.4) is 0 Å². The quantitative estimate of drug-likeness (QED) is 0.598. The van der Waals surface area contributed by atoms with Gasteiger partial charge in [-0.2, -0.15) is 0 Å². The van der Waals surface area contributed by atoms with Gasteiger partial charge in [0, 0.05) is 13.1 Å². The lowest BCUT2D eigenvalue weighted by atomic mass is 9.89. The van der Waals surface area contributed by atoms with Crippen LogP contribution >= 0.6 is 0 Å². The standard InChI is InChI=1S/C12H22N2O4/c1-3-4-9-18-11(16)14-7-5-12(13,6-8-14)10(15)17-2/h3-9,13H2,1-2H3. The monoisotopic (exact) mass is 258 g/mol. The molecule has 0 aliphatic carbocycles. The van der Waals surface area contributed by atoms with Crippen molar-refractivity contribution in [1.29, 1.82) is 0 Å². The number of unbranched alkanes of at least 4 members (excludes halogenated alkanes) is 1. The number of hydrogen-bond donors (Lipinski definition) is 1. The van der Waals surface area contributed by atoms with E-state index in [9.17, 15) is 9.59 Å². The first-order valence-electron chi connectivity index (χ1n) is 6.32. The van der Waals surface area contributed by atoms with Crippen molar-refractivity contribution in [3.63, 3.8) is 0 Å². The minimum atomic E-state index is -0.963. The molecule has 0 aromatic carbocycles. The fourth-order valence-corrected chi connectivity index (χ4v) is 1.89. The first kappa shape index (κ1) is 14.8. The van der Waals surface area contributed by atoms with Crippen LogP contribution in [0.25, 0.3) is 0 Å². The fraction of sp³-hybridized carbons (Fsp3) is 0.833. The van der Waals surface area contributed by atoms with Crippen molar-refractivity contribution in [2.24, 2.45) is 5.73 Å². The maximum Gasteiger partial charge on any atom is 0.409 e. The van der Waals surface area contributed by atoms with E-state index in [0.717, 1.165) is 12.8 Å². The second-order valence-corrected chi connectivity index (χ2v) is 4.60. The number of nitrogens with zero attached hydrogens (tertiary/aromatic N) is 1. The molecule has 1 aliphatic rings. The lowest BCUT2D eigenvalue weighted by molar-refractivity contribution is -0.148. The molecule has 1 fully saturated rings. The van der Waals surface area contributed by atoms with Gasteiger partial charge >= 0.3 is 12.1 Å². The highest BCUT2D eigenvalue weighted by molar-refractivity contribution is 5.81. The average Bonchev–Trinajstić information content (AvgIpc) is 2.38. The molecule has 18 heavy (non-hydrogen) atoms. The lowest BCUT2D eigenvalue weighted by Gasteiger charge is -2.36.